The molecule has 7 nitrogen and oxygen atoms in total. The second-order valence-corrected chi connectivity index (χ2v) is 9.60. The van der Waals surface area contributed by atoms with Gasteiger partial charge in [0.1, 0.15) is 22.2 Å². The molecular weight excluding hydrogens is 442 g/mol. The molecule has 0 saturated heterocycles. The molecule has 1 aromatic carbocycles. The molecule has 0 unspecified atom stereocenters. The fourth-order valence-electron chi connectivity index (χ4n) is 3.77. The Labute approximate surface area is 191 Å². The highest BCUT2D eigenvalue weighted by Gasteiger charge is 2.30. The Bertz CT molecular complexity index is 1430. The molecule has 0 radical (unpaired) electrons. The van der Waals surface area contributed by atoms with Crippen molar-refractivity contribution in [3.8, 4) is 11.3 Å². The van der Waals surface area contributed by atoms with Crippen LogP contribution in [0, 0.1) is 0 Å². The molecule has 160 valence electrons. The van der Waals surface area contributed by atoms with Crippen molar-refractivity contribution in [3.63, 3.8) is 0 Å². The van der Waals surface area contributed by atoms with Crippen LogP contribution in [0.4, 0.5) is 0 Å². The summed E-state index contributed by atoms with van der Waals surface area (Å²) in [6.45, 7) is 0.739. The van der Waals surface area contributed by atoms with Gasteiger partial charge in [-0.05, 0) is 30.5 Å². The summed E-state index contributed by atoms with van der Waals surface area (Å²) in [7, 11) is 0. The summed E-state index contributed by atoms with van der Waals surface area (Å²) < 4.78 is 7.67. The molecule has 1 fully saturated rings. The summed E-state index contributed by atoms with van der Waals surface area (Å²) in [6, 6.07) is 14.0. The molecule has 0 aliphatic heterocycles. The molecule has 5 aromatic rings. The fourth-order valence-corrected chi connectivity index (χ4v) is 5.53. The Balaban J connectivity index is 1.28. The number of aromatic amines is 1. The van der Waals surface area contributed by atoms with E-state index in [1.165, 1.54) is 29.7 Å². The topological polar surface area (TPSA) is 89.6 Å². The van der Waals surface area contributed by atoms with Crippen LogP contribution >= 0.6 is 23.1 Å². The average Bonchev–Trinajstić information content (AvgIpc) is 3.18. The first-order chi connectivity index (χ1) is 15.8. The Morgan fingerprint density at radius 1 is 1.16 bits per heavy atom. The first kappa shape index (κ1) is 19.5. The lowest BCUT2D eigenvalue weighted by Crippen LogP contribution is -2.11. The number of H-pyrrole nitrogens is 1. The van der Waals surface area contributed by atoms with Crippen molar-refractivity contribution < 1.29 is 4.42 Å². The number of aromatic nitrogens is 5. The second-order valence-electron chi connectivity index (χ2n) is 7.79. The third-order valence-electron chi connectivity index (χ3n) is 5.49. The van der Waals surface area contributed by atoms with Crippen LogP contribution in [0.15, 0.2) is 68.5 Å². The van der Waals surface area contributed by atoms with Gasteiger partial charge in [-0.3, -0.25) is 4.79 Å². The molecule has 6 rings (SSSR count). The zero-order valence-electron chi connectivity index (χ0n) is 17.0. The number of thiophene rings is 1. The predicted molar refractivity (Wildman–Crippen MR) is 125 cm³/mol. The summed E-state index contributed by atoms with van der Waals surface area (Å²) in [5, 5.41) is 12.3. The largest absolute Gasteiger partial charge is 0.464 e. The van der Waals surface area contributed by atoms with Gasteiger partial charge in [0.25, 0.3) is 5.56 Å². The molecule has 0 amide bonds. The van der Waals surface area contributed by atoms with E-state index in [1.807, 2.05) is 35.7 Å². The van der Waals surface area contributed by atoms with Crippen molar-refractivity contribution in [2.45, 2.75) is 36.2 Å². The number of nitrogens with zero attached hydrogens (tertiary/aromatic N) is 4. The van der Waals surface area contributed by atoms with Crippen molar-refractivity contribution in [2.24, 2.45) is 0 Å². The van der Waals surface area contributed by atoms with Gasteiger partial charge in [-0.2, -0.15) is 0 Å². The van der Waals surface area contributed by atoms with Crippen LogP contribution in [0.1, 0.15) is 36.0 Å². The summed E-state index contributed by atoms with van der Waals surface area (Å²) in [6.07, 6.45) is 3.94. The van der Waals surface area contributed by atoms with E-state index in [9.17, 15) is 4.79 Å². The van der Waals surface area contributed by atoms with Gasteiger partial charge < -0.3 is 14.0 Å². The smallest absolute Gasteiger partial charge is 0.260 e. The van der Waals surface area contributed by atoms with E-state index >= 15 is 0 Å². The maximum Gasteiger partial charge on any atom is 0.260 e. The fraction of sp³-hybridized carbons (Fsp3) is 0.217. The number of fused-ring (bicyclic) bond motifs is 1. The Kier molecular flexibility index (Phi) is 4.92. The van der Waals surface area contributed by atoms with Gasteiger partial charge in [-0.1, -0.05) is 42.1 Å². The summed E-state index contributed by atoms with van der Waals surface area (Å²) in [4.78, 5) is 21.2. The van der Waals surface area contributed by atoms with Crippen LogP contribution in [0.5, 0.6) is 0 Å². The number of nitrogens with one attached hydrogen (secondary N) is 1. The van der Waals surface area contributed by atoms with E-state index in [4.69, 9.17) is 9.40 Å². The number of hydrogen-bond donors (Lipinski definition) is 1. The summed E-state index contributed by atoms with van der Waals surface area (Å²) in [5.74, 6) is 3.36. The van der Waals surface area contributed by atoms with Crippen molar-refractivity contribution in [2.75, 3.05) is 0 Å². The number of rotatable bonds is 7. The molecule has 1 saturated carbocycles. The number of thioether (sulfide) groups is 1. The molecule has 4 heterocycles. The lowest BCUT2D eigenvalue weighted by atomic mass is 10.2. The zero-order chi connectivity index (χ0) is 21.5. The predicted octanol–water partition coefficient (Wildman–Crippen LogP) is 5.05. The Morgan fingerprint density at radius 2 is 2.03 bits per heavy atom. The van der Waals surface area contributed by atoms with Gasteiger partial charge in [0, 0.05) is 16.9 Å². The lowest BCUT2D eigenvalue weighted by molar-refractivity contribution is 0.583. The van der Waals surface area contributed by atoms with Crippen LogP contribution < -0.4 is 5.56 Å². The quantitative estimate of drug-likeness (QED) is 0.341. The van der Waals surface area contributed by atoms with Crippen molar-refractivity contribution in [1.29, 1.82) is 0 Å². The van der Waals surface area contributed by atoms with E-state index in [0.29, 0.717) is 33.5 Å². The molecule has 4 aromatic heterocycles. The van der Waals surface area contributed by atoms with Gasteiger partial charge in [0.2, 0.25) is 0 Å². The highest BCUT2D eigenvalue weighted by molar-refractivity contribution is 7.98. The zero-order valence-corrected chi connectivity index (χ0v) is 18.7. The number of benzene rings is 1. The Morgan fingerprint density at radius 3 is 2.81 bits per heavy atom. The van der Waals surface area contributed by atoms with Gasteiger partial charge in [-0.15, -0.1) is 21.5 Å². The molecule has 0 spiro atoms. The SMILES string of the molecule is O=c1[nH]c(CSc2nnc(C3CC3)n2Cc2ccccc2)nc2scc(-c3ccco3)c12. The molecule has 0 atom stereocenters. The van der Waals surface area contributed by atoms with Crippen LogP contribution in [-0.2, 0) is 12.3 Å². The van der Waals surface area contributed by atoms with Crippen molar-refractivity contribution in [3.05, 3.63) is 81.7 Å². The highest BCUT2D eigenvalue weighted by Crippen LogP contribution is 2.40. The van der Waals surface area contributed by atoms with E-state index in [0.717, 1.165) is 23.1 Å². The van der Waals surface area contributed by atoms with Crippen molar-refractivity contribution in [1.82, 2.24) is 24.7 Å². The highest BCUT2D eigenvalue weighted by atomic mass is 32.2. The molecule has 1 aliphatic rings. The van der Waals surface area contributed by atoms with Crippen LogP contribution in [0.25, 0.3) is 21.5 Å². The van der Waals surface area contributed by atoms with Crippen molar-refractivity contribution >= 4 is 33.3 Å². The second kappa shape index (κ2) is 8.07. The Hall–Kier alpha value is -3.17. The molecule has 9 heteroatoms. The van der Waals surface area contributed by atoms with Gasteiger partial charge in [-0.25, -0.2) is 4.98 Å². The summed E-state index contributed by atoms with van der Waals surface area (Å²) >= 11 is 3.00. The normalized spacial score (nSPS) is 13.8. The molecule has 0 bridgehead atoms. The van der Waals surface area contributed by atoms with Crippen LogP contribution in [-0.4, -0.2) is 24.7 Å². The van der Waals surface area contributed by atoms with Gasteiger partial charge in [0.05, 0.1) is 23.9 Å². The summed E-state index contributed by atoms with van der Waals surface area (Å²) in [5.41, 5.74) is 1.84. The standard InChI is InChI=1S/C23H19N5O2S2/c29-21-19-16(17-7-4-10-30-17)12-31-22(19)25-18(24-21)13-32-23-27-26-20(15-8-9-15)28(23)11-14-5-2-1-3-6-14/h1-7,10,12,15H,8-9,11,13H2,(H,24,25,29). The third-order valence-corrected chi connectivity index (χ3v) is 7.34. The first-order valence-corrected chi connectivity index (χ1v) is 12.3. The maximum atomic E-state index is 12.8. The van der Waals surface area contributed by atoms with Crippen LogP contribution in [0.2, 0.25) is 0 Å². The maximum absolute atomic E-state index is 12.8. The van der Waals surface area contributed by atoms with E-state index < -0.39 is 0 Å². The molecule has 1 N–H and O–H groups in total. The minimum atomic E-state index is -0.150. The van der Waals surface area contributed by atoms with E-state index in [1.54, 1.807) is 18.0 Å². The third kappa shape index (κ3) is 3.67. The minimum absolute atomic E-state index is 0.150. The van der Waals surface area contributed by atoms with E-state index in [2.05, 4.69) is 31.9 Å². The molecular formula is C23H19N5O2S2. The van der Waals surface area contributed by atoms with Crippen LogP contribution in [0.3, 0.4) is 0 Å². The number of hydrogen-bond acceptors (Lipinski definition) is 7. The first-order valence-electron chi connectivity index (χ1n) is 10.4. The lowest BCUT2D eigenvalue weighted by Gasteiger charge is -2.10. The minimum Gasteiger partial charge on any atom is -0.464 e. The molecule has 1 aliphatic carbocycles. The van der Waals surface area contributed by atoms with Gasteiger partial charge in [0.15, 0.2) is 5.16 Å². The van der Waals surface area contributed by atoms with Gasteiger partial charge >= 0.3 is 0 Å². The average molecular weight is 462 g/mol. The van der Waals surface area contributed by atoms with E-state index in [-0.39, 0.29) is 5.56 Å². The number of furan rings is 1. The molecule has 32 heavy (non-hydrogen) atoms. The monoisotopic (exact) mass is 461 g/mol.